The average molecular weight is 178 g/mol. The highest BCUT2D eigenvalue weighted by molar-refractivity contribution is 5.87. The molecule has 0 spiro atoms. The topological polar surface area (TPSA) is 34.0 Å². The summed E-state index contributed by atoms with van der Waals surface area (Å²) in [4.78, 5) is 11.0. The molecule has 0 aliphatic carbocycles. The van der Waals surface area contributed by atoms with Gasteiger partial charge in [-0.15, -0.1) is 0 Å². The molecule has 0 bridgehead atoms. The fourth-order valence-corrected chi connectivity index (χ4v) is 1.04. The third-order valence-electron chi connectivity index (χ3n) is 1.65. The molecule has 0 aromatic carbocycles. The normalized spacial score (nSPS) is 10.5. The van der Waals surface area contributed by atoms with E-state index in [4.69, 9.17) is 0 Å². The van der Waals surface area contributed by atoms with Crippen LogP contribution in [0.15, 0.2) is 36.7 Å². The zero-order chi connectivity index (χ0) is 9.52. The van der Waals surface area contributed by atoms with Crippen LogP contribution in [0.4, 0.5) is 0 Å². The predicted octanol–water partition coefficient (Wildman–Crippen LogP) is 1.18. The summed E-state index contributed by atoms with van der Waals surface area (Å²) < 4.78 is 2.02. The van der Waals surface area contributed by atoms with E-state index in [2.05, 4.69) is 5.32 Å². The Morgan fingerprint density at radius 1 is 1.46 bits per heavy atom. The number of nitrogens with one attached hydrogen (secondary N) is 1. The van der Waals surface area contributed by atoms with Gasteiger partial charge in [0.25, 0.3) is 0 Å². The first-order chi connectivity index (χ1) is 6.33. The van der Waals surface area contributed by atoms with Crippen molar-refractivity contribution in [3.8, 4) is 0 Å². The molecule has 1 N–H and O–H groups in total. The van der Waals surface area contributed by atoms with Gasteiger partial charge in [0.2, 0.25) is 5.91 Å². The van der Waals surface area contributed by atoms with Crippen molar-refractivity contribution >= 4 is 5.91 Å². The van der Waals surface area contributed by atoms with Gasteiger partial charge in [-0.2, -0.15) is 0 Å². The molecular formula is C10H14N2O. The van der Waals surface area contributed by atoms with E-state index < -0.39 is 0 Å². The SMILES string of the molecule is C/C=C/C(=O)NCCn1cccc1. The van der Waals surface area contributed by atoms with Crippen LogP contribution in [0.3, 0.4) is 0 Å². The van der Waals surface area contributed by atoms with Crippen molar-refractivity contribution in [2.24, 2.45) is 0 Å². The second-order valence-corrected chi connectivity index (χ2v) is 2.71. The quantitative estimate of drug-likeness (QED) is 0.690. The molecule has 1 rings (SSSR count). The molecule has 0 unspecified atom stereocenters. The van der Waals surface area contributed by atoms with Gasteiger partial charge in [0.1, 0.15) is 0 Å². The number of allylic oxidation sites excluding steroid dienone is 1. The van der Waals surface area contributed by atoms with Gasteiger partial charge >= 0.3 is 0 Å². The lowest BCUT2D eigenvalue weighted by atomic mass is 10.5. The fourth-order valence-electron chi connectivity index (χ4n) is 1.04. The van der Waals surface area contributed by atoms with Crippen LogP contribution in [0.25, 0.3) is 0 Å². The first kappa shape index (κ1) is 9.58. The maximum atomic E-state index is 11.0. The largest absolute Gasteiger partial charge is 0.353 e. The van der Waals surface area contributed by atoms with Crippen LogP contribution >= 0.6 is 0 Å². The molecular weight excluding hydrogens is 164 g/mol. The zero-order valence-corrected chi connectivity index (χ0v) is 7.73. The van der Waals surface area contributed by atoms with Crippen molar-refractivity contribution in [3.63, 3.8) is 0 Å². The van der Waals surface area contributed by atoms with Crippen molar-refractivity contribution in [1.82, 2.24) is 9.88 Å². The molecule has 70 valence electrons. The van der Waals surface area contributed by atoms with Crippen LogP contribution in [0.1, 0.15) is 6.92 Å². The minimum absolute atomic E-state index is 0.0327. The predicted molar refractivity (Wildman–Crippen MR) is 52.3 cm³/mol. The number of amides is 1. The lowest BCUT2D eigenvalue weighted by Crippen LogP contribution is -2.24. The van der Waals surface area contributed by atoms with E-state index in [-0.39, 0.29) is 5.91 Å². The Morgan fingerprint density at radius 2 is 2.15 bits per heavy atom. The minimum atomic E-state index is -0.0327. The second-order valence-electron chi connectivity index (χ2n) is 2.71. The molecule has 3 heteroatoms. The molecule has 0 saturated carbocycles. The standard InChI is InChI=1S/C10H14N2O/c1-2-5-10(13)11-6-9-12-7-3-4-8-12/h2-5,7-8H,6,9H2,1H3,(H,11,13)/b5-2+. The zero-order valence-electron chi connectivity index (χ0n) is 7.73. The van der Waals surface area contributed by atoms with Crippen LogP contribution < -0.4 is 5.32 Å². The summed E-state index contributed by atoms with van der Waals surface area (Å²) >= 11 is 0. The molecule has 1 heterocycles. The van der Waals surface area contributed by atoms with Crippen molar-refractivity contribution in [1.29, 1.82) is 0 Å². The minimum Gasteiger partial charge on any atom is -0.353 e. The van der Waals surface area contributed by atoms with Crippen LogP contribution in [0.2, 0.25) is 0 Å². The number of aromatic nitrogens is 1. The van der Waals surface area contributed by atoms with Crippen LogP contribution in [0.5, 0.6) is 0 Å². The third kappa shape index (κ3) is 3.60. The van der Waals surface area contributed by atoms with Gasteiger partial charge in [0.05, 0.1) is 0 Å². The monoisotopic (exact) mass is 178 g/mol. The Bertz CT molecular complexity index is 275. The van der Waals surface area contributed by atoms with Crippen molar-refractivity contribution in [2.75, 3.05) is 6.54 Å². The average Bonchev–Trinajstić information content (AvgIpc) is 2.57. The summed E-state index contributed by atoms with van der Waals surface area (Å²) in [5.41, 5.74) is 0. The Hall–Kier alpha value is -1.51. The van der Waals surface area contributed by atoms with Gasteiger partial charge in [-0.05, 0) is 25.1 Å². The smallest absolute Gasteiger partial charge is 0.243 e. The molecule has 1 aromatic heterocycles. The summed E-state index contributed by atoms with van der Waals surface area (Å²) in [5, 5.41) is 2.78. The van der Waals surface area contributed by atoms with E-state index in [0.29, 0.717) is 6.54 Å². The summed E-state index contributed by atoms with van der Waals surface area (Å²) in [6.07, 6.45) is 7.20. The lowest BCUT2D eigenvalue weighted by molar-refractivity contribution is -0.116. The van der Waals surface area contributed by atoms with Gasteiger partial charge in [-0.25, -0.2) is 0 Å². The van der Waals surface area contributed by atoms with E-state index in [1.165, 1.54) is 6.08 Å². The van der Waals surface area contributed by atoms with Gasteiger partial charge in [0, 0.05) is 25.5 Å². The number of hydrogen-bond donors (Lipinski definition) is 1. The lowest BCUT2D eigenvalue weighted by Gasteiger charge is -2.02. The number of rotatable bonds is 4. The summed E-state index contributed by atoms with van der Waals surface area (Å²) in [5.74, 6) is -0.0327. The summed E-state index contributed by atoms with van der Waals surface area (Å²) in [6, 6.07) is 3.93. The van der Waals surface area contributed by atoms with E-state index in [9.17, 15) is 4.79 Å². The van der Waals surface area contributed by atoms with Crippen molar-refractivity contribution in [3.05, 3.63) is 36.7 Å². The molecule has 0 radical (unpaired) electrons. The highest BCUT2D eigenvalue weighted by Gasteiger charge is 1.92. The first-order valence-electron chi connectivity index (χ1n) is 4.34. The Morgan fingerprint density at radius 3 is 2.77 bits per heavy atom. The van der Waals surface area contributed by atoms with Gasteiger partial charge in [-0.3, -0.25) is 4.79 Å². The number of carbonyl (C=O) groups is 1. The first-order valence-corrected chi connectivity index (χ1v) is 4.34. The number of carbonyl (C=O) groups excluding carboxylic acids is 1. The molecule has 0 fully saturated rings. The Balaban J connectivity index is 2.18. The maximum Gasteiger partial charge on any atom is 0.243 e. The third-order valence-corrected chi connectivity index (χ3v) is 1.65. The van der Waals surface area contributed by atoms with E-state index in [1.807, 2.05) is 36.0 Å². The maximum absolute atomic E-state index is 11.0. The van der Waals surface area contributed by atoms with Crippen molar-refractivity contribution < 1.29 is 4.79 Å². The number of nitrogens with zero attached hydrogens (tertiary/aromatic N) is 1. The van der Waals surface area contributed by atoms with Gasteiger partial charge in [-0.1, -0.05) is 6.08 Å². The molecule has 0 atom stereocenters. The Labute approximate surface area is 78.1 Å². The summed E-state index contributed by atoms with van der Waals surface area (Å²) in [7, 11) is 0. The molecule has 0 saturated heterocycles. The van der Waals surface area contributed by atoms with E-state index in [1.54, 1.807) is 6.08 Å². The van der Waals surface area contributed by atoms with E-state index in [0.717, 1.165) is 6.54 Å². The fraction of sp³-hybridized carbons (Fsp3) is 0.300. The highest BCUT2D eigenvalue weighted by Crippen LogP contribution is 1.87. The molecule has 3 nitrogen and oxygen atoms in total. The van der Waals surface area contributed by atoms with Crippen LogP contribution in [0, 0.1) is 0 Å². The second kappa shape index (κ2) is 5.19. The molecule has 0 aliphatic heterocycles. The summed E-state index contributed by atoms with van der Waals surface area (Å²) in [6.45, 7) is 3.31. The Kier molecular flexibility index (Phi) is 3.82. The van der Waals surface area contributed by atoms with E-state index >= 15 is 0 Å². The molecule has 1 aromatic rings. The highest BCUT2D eigenvalue weighted by atomic mass is 16.1. The van der Waals surface area contributed by atoms with Crippen molar-refractivity contribution in [2.45, 2.75) is 13.5 Å². The van der Waals surface area contributed by atoms with Crippen LogP contribution in [-0.2, 0) is 11.3 Å². The van der Waals surface area contributed by atoms with Gasteiger partial charge in [0.15, 0.2) is 0 Å². The molecule has 1 amide bonds. The van der Waals surface area contributed by atoms with Crippen LogP contribution in [-0.4, -0.2) is 17.0 Å². The number of hydrogen-bond acceptors (Lipinski definition) is 1. The van der Waals surface area contributed by atoms with Gasteiger partial charge < -0.3 is 9.88 Å². The molecule has 0 aliphatic rings. The molecule has 13 heavy (non-hydrogen) atoms.